The first kappa shape index (κ1) is 10.7. The Labute approximate surface area is 98.1 Å². The molecule has 0 aliphatic carbocycles. The molecule has 0 aliphatic heterocycles. The van der Waals surface area contributed by atoms with Crippen LogP contribution in [0.3, 0.4) is 0 Å². The van der Waals surface area contributed by atoms with Crippen molar-refractivity contribution in [3.63, 3.8) is 0 Å². The Morgan fingerprint density at radius 2 is 1.92 bits per heavy atom. The SMILES string of the molecule is CCc1cccc(C(Br)(Br)Br)c1. The number of alkyl halides is 3. The zero-order chi connectivity index (χ0) is 9.19. The first-order valence-electron chi connectivity index (χ1n) is 3.70. The summed E-state index contributed by atoms with van der Waals surface area (Å²) >= 11 is 10.4. The lowest BCUT2D eigenvalue weighted by Gasteiger charge is -2.13. The average molecular weight is 357 g/mol. The molecule has 0 aromatic heterocycles. The van der Waals surface area contributed by atoms with Gasteiger partial charge in [-0.25, -0.2) is 0 Å². The van der Waals surface area contributed by atoms with E-state index in [2.05, 4.69) is 79.0 Å². The second-order valence-electron chi connectivity index (χ2n) is 2.55. The van der Waals surface area contributed by atoms with Gasteiger partial charge >= 0.3 is 0 Å². The van der Waals surface area contributed by atoms with Gasteiger partial charge in [-0.3, -0.25) is 0 Å². The Balaban J connectivity index is 3.02. The Kier molecular flexibility index (Phi) is 3.80. The molecule has 0 atom stereocenters. The van der Waals surface area contributed by atoms with Crippen LogP contribution in [0.4, 0.5) is 0 Å². The van der Waals surface area contributed by atoms with E-state index in [1.807, 2.05) is 0 Å². The predicted octanol–water partition coefficient (Wildman–Crippen LogP) is 4.54. The molecule has 0 radical (unpaired) electrons. The fourth-order valence-electron chi connectivity index (χ4n) is 0.968. The van der Waals surface area contributed by atoms with Crippen LogP contribution in [0.5, 0.6) is 0 Å². The third kappa shape index (κ3) is 2.86. The van der Waals surface area contributed by atoms with Crippen LogP contribution < -0.4 is 0 Å². The molecule has 3 heteroatoms. The molecule has 0 amide bonds. The summed E-state index contributed by atoms with van der Waals surface area (Å²) in [5, 5.41) is 0. The van der Waals surface area contributed by atoms with E-state index in [0.717, 1.165) is 6.42 Å². The summed E-state index contributed by atoms with van der Waals surface area (Å²) in [7, 11) is 0. The quantitative estimate of drug-likeness (QED) is 0.648. The van der Waals surface area contributed by atoms with E-state index in [1.54, 1.807) is 0 Å². The highest BCUT2D eigenvalue weighted by molar-refractivity contribution is 9.38. The minimum absolute atomic E-state index is 0.280. The highest BCUT2D eigenvalue weighted by Crippen LogP contribution is 2.44. The number of halogens is 3. The van der Waals surface area contributed by atoms with Crippen LogP contribution in [0.1, 0.15) is 18.1 Å². The molecule has 1 aromatic rings. The van der Waals surface area contributed by atoms with Crippen molar-refractivity contribution in [2.45, 2.75) is 15.5 Å². The van der Waals surface area contributed by atoms with Crippen LogP contribution in [-0.4, -0.2) is 0 Å². The van der Waals surface area contributed by atoms with E-state index >= 15 is 0 Å². The van der Waals surface area contributed by atoms with Gasteiger partial charge < -0.3 is 0 Å². The molecule has 0 nitrogen and oxygen atoms in total. The molecule has 0 spiro atoms. The van der Waals surface area contributed by atoms with Gasteiger partial charge in [0.2, 0.25) is 0 Å². The third-order valence-electron chi connectivity index (χ3n) is 1.66. The molecule has 12 heavy (non-hydrogen) atoms. The number of hydrogen-bond donors (Lipinski definition) is 0. The van der Waals surface area contributed by atoms with Crippen molar-refractivity contribution in [1.29, 1.82) is 0 Å². The van der Waals surface area contributed by atoms with Crippen LogP contribution in [-0.2, 0) is 8.56 Å². The standard InChI is InChI=1S/C9H9Br3/c1-2-7-4-3-5-8(6-7)9(10,11)12/h3-6H,2H2,1H3. The molecule has 0 heterocycles. The molecule has 0 aliphatic rings. The van der Waals surface area contributed by atoms with Crippen molar-refractivity contribution in [3.05, 3.63) is 35.4 Å². The smallest absolute Gasteiger partial charge is 0.0616 e. The van der Waals surface area contributed by atoms with Gasteiger partial charge in [-0.15, -0.1) is 0 Å². The van der Waals surface area contributed by atoms with Crippen LogP contribution in [0, 0.1) is 0 Å². The molecule has 0 saturated carbocycles. The van der Waals surface area contributed by atoms with Crippen LogP contribution in [0.15, 0.2) is 24.3 Å². The minimum Gasteiger partial charge on any atom is -0.0616 e. The van der Waals surface area contributed by atoms with Crippen LogP contribution in [0.2, 0.25) is 0 Å². The maximum atomic E-state index is 3.48. The molecule has 0 fully saturated rings. The molecular formula is C9H9Br3. The molecule has 0 N–H and O–H groups in total. The van der Waals surface area contributed by atoms with Crippen LogP contribution >= 0.6 is 47.8 Å². The van der Waals surface area contributed by atoms with Gasteiger partial charge in [0.05, 0.1) is 0 Å². The number of hydrogen-bond acceptors (Lipinski definition) is 0. The second kappa shape index (κ2) is 4.25. The second-order valence-corrected chi connectivity index (χ2v) is 9.31. The highest BCUT2D eigenvalue weighted by Gasteiger charge is 2.20. The summed E-state index contributed by atoms with van der Waals surface area (Å²) in [5.74, 6) is 0. The van der Waals surface area contributed by atoms with Gasteiger partial charge in [-0.1, -0.05) is 79.0 Å². The third-order valence-corrected chi connectivity index (χ3v) is 3.04. The van der Waals surface area contributed by atoms with Crippen LogP contribution in [0.25, 0.3) is 0 Å². The summed E-state index contributed by atoms with van der Waals surface area (Å²) < 4.78 is -0.280. The molecule has 0 saturated heterocycles. The summed E-state index contributed by atoms with van der Waals surface area (Å²) in [6, 6.07) is 8.42. The van der Waals surface area contributed by atoms with Gasteiger partial charge in [-0.2, -0.15) is 0 Å². The lowest BCUT2D eigenvalue weighted by molar-refractivity contribution is 1.13. The Morgan fingerprint density at radius 3 is 2.42 bits per heavy atom. The van der Waals surface area contributed by atoms with E-state index in [0.29, 0.717) is 0 Å². The molecule has 1 aromatic carbocycles. The largest absolute Gasteiger partial charge is 0.159 e. The van der Waals surface area contributed by atoms with Gasteiger partial charge in [0.15, 0.2) is 2.14 Å². The summed E-state index contributed by atoms with van der Waals surface area (Å²) in [5.41, 5.74) is 2.53. The van der Waals surface area contributed by atoms with Gasteiger partial charge in [0.1, 0.15) is 0 Å². The summed E-state index contributed by atoms with van der Waals surface area (Å²) in [4.78, 5) is 0. The zero-order valence-corrected chi connectivity index (χ0v) is 11.4. The first-order valence-corrected chi connectivity index (χ1v) is 6.08. The van der Waals surface area contributed by atoms with Gasteiger partial charge in [-0.05, 0) is 17.5 Å². The van der Waals surface area contributed by atoms with E-state index in [-0.39, 0.29) is 2.14 Å². The van der Waals surface area contributed by atoms with E-state index < -0.39 is 0 Å². The van der Waals surface area contributed by atoms with Crippen molar-refractivity contribution >= 4 is 47.8 Å². The summed E-state index contributed by atoms with van der Waals surface area (Å²) in [6.07, 6.45) is 1.07. The van der Waals surface area contributed by atoms with Crippen molar-refractivity contribution in [3.8, 4) is 0 Å². The highest BCUT2D eigenvalue weighted by atomic mass is 80.0. The average Bonchev–Trinajstić information content (AvgIpc) is 2.03. The number of benzene rings is 1. The summed E-state index contributed by atoms with van der Waals surface area (Å²) in [6.45, 7) is 2.15. The molecule has 0 bridgehead atoms. The lowest BCUT2D eigenvalue weighted by atomic mass is 10.1. The van der Waals surface area contributed by atoms with E-state index in [1.165, 1.54) is 11.1 Å². The molecule has 0 unspecified atom stereocenters. The fraction of sp³-hybridized carbons (Fsp3) is 0.333. The molecule has 66 valence electrons. The van der Waals surface area contributed by atoms with Crippen molar-refractivity contribution in [2.24, 2.45) is 0 Å². The maximum Gasteiger partial charge on any atom is 0.159 e. The number of rotatable bonds is 1. The Bertz CT molecular complexity index is 263. The lowest BCUT2D eigenvalue weighted by Crippen LogP contribution is -1.97. The topological polar surface area (TPSA) is 0 Å². The number of aryl methyl sites for hydroxylation is 1. The minimum atomic E-state index is -0.280. The molecular weight excluding hydrogens is 348 g/mol. The normalized spacial score (nSPS) is 11.7. The first-order chi connectivity index (χ1) is 5.54. The Hall–Kier alpha value is 0.660. The van der Waals surface area contributed by atoms with E-state index in [9.17, 15) is 0 Å². The van der Waals surface area contributed by atoms with E-state index in [4.69, 9.17) is 0 Å². The monoisotopic (exact) mass is 354 g/mol. The molecule has 1 rings (SSSR count). The van der Waals surface area contributed by atoms with Crippen molar-refractivity contribution in [2.75, 3.05) is 0 Å². The van der Waals surface area contributed by atoms with Crippen molar-refractivity contribution in [1.82, 2.24) is 0 Å². The predicted molar refractivity (Wildman–Crippen MR) is 64.3 cm³/mol. The Morgan fingerprint density at radius 1 is 1.25 bits per heavy atom. The fourth-order valence-corrected chi connectivity index (χ4v) is 1.71. The maximum absolute atomic E-state index is 3.48. The van der Waals surface area contributed by atoms with Gasteiger partial charge in [0, 0.05) is 0 Å². The zero-order valence-electron chi connectivity index (χ0n) is 6.65. The van der Waals surface area contributed by atoms with Crippen molar-refractivity contribution < 1.29 is 0 Å². The van der Waals surface area contributed by atoms with Gasteiger partial charge in [0.25, 0.3) is 0 Å².